The number of hydrogen-bond donors (Lipinski definition) is 0. The molecule has 0 amide bonds. The Morgan fingerprint density at radius 1 is 1.11 bits per heavy atom. The summed E-state index contributed by atoms with van der Waals surface area (Å²) in [6.07, 6.45) is 1.49. The maximum Gasteiger partial charge on any atom is 0.363 e. The summed E-state index contributed by atoms with van der Waals surface area (Å²) >= 11 is 0. The molecule has 0 bridgehead atoms. The molecule has 1 aromatic heterocycles. The second kappa shape index (κ2) is 7.77. The molecule has 0 unspecified atom stereocenters. The van der Waals surface area contributed by atoms with Crippen molar-refractivity contribution in [2.45, 2.75) is 0 Å². The summed E-state index contributed by atoms with van der Waals surface area (Å²) < 4.78 is 38.2. The van der Waals surface area contributed by atoms with Crippen LogP contribution in [-0.2, 0) is 4.74 Å². The van der Waals surface area contributed by atoms with Crippen LogP contribution < -0.4 is 4.74 Å². The van der Waals surface area contributed by atoms with Gasteiger partial charge in [0.15, 0.2) is 12.4 Å². The molecule has 0 spiro atoms. The predicted molar refractivity (Wildman–Crippen MR) is 91.1 cm³/mol. The number of methoxy groups -OCH3 is 1. The third-order valence-electron chi connectivity index (χ3n) is 3.68. The summed E-state index contributed by atoms with van der Waals surface area (Å²) in [7, 11) is 1.36. The summed E-state index contributed by atoms with van der Waals surface area (Å²) in [5.41, 5.74) is 0.0474. The van der Waals surface area contributed by atoms with Gasteiger partial charge >= 0.3 is 5.97 Å². The molecule has 27 heavy (non-hydrogen) atoms. The lowest BCUT2D eigenvalue weighted by Gasteiger charge is -2.05. The van der Waals surface area contributed by atoms with Gasteiger partial charge in [0.1, 0.15) is 11.6 Å². The molecule has 138 valence electrons. The number of esters is 1. The zero-order valence-electron chi connectivity index (χ0n) is 14.2. The third-order valence-corrected chi connectivity index (χ3v) is 3.68. The molecule has 0 atom stereocenters. The summed E-state index contributed by atoms with van der Waals surface area (Å²) in [4.78, 5) is 24.3. The Hall–Kier alpha value is -3.55. The second-order valence-electron chi connectivity index (χ2n) is 5.45. The quantitative estimate of drug-likeness (QED) is 0.491. The molecule has 0 aliphatic rings. The van der Waals surface area contributed by atoms with Crippen molar-refractivity contribution in [2.75, 3.05) is 13.7 Å². The largest absolute Gasteiger partial charge is 0.493 e. The first kappa shape index (κ1) is 18.2. The van der Waals surface area contributed by atoms with Crippen molar-refractivity contribution in [3.63, 3.8) is 0 Å². The van der Waals surface area contributed by atoms with Gasteiger partial charge in [0, 0.05) is 0 Å². The molecular formula is C19H14F2N2O4. The number of carbonyl (C=O) groups is 2. The number of Topliss-reactive ketones (excluding diaryl/α,β-unsaturated/α-hetero) is 1. The van der Waals surface area contributed by atoms with Gasteiger partial charge in [-0.3, -0.25) is 4.79 Å². The van der Waals surface area contributed by atoms with Crippen LogP contribution in [0.25, 0.3) is 5.69 Å². The van der Waals surface area contributed by atoms with Crippen LogP contribution in [0.3, 0.4) is 0 Å². The standard InChI is InChI=1S/C19H14F2N2O4/c1-26-17-10-23(13-5-3-2-4-6-13)22-18(17)19(25)27-11-16(24)14-9-12(20)7-8-15(14)21/h2-10H,11H2,1H3. The zero-order valence-corrected chi connectivity index (χ0v) is 14.2. The minimum atomic E-state index is -0.924. The van der Waals surface area contributed by atoms with E-state index in [1.165, 1.54) is 18.0 Å². The number of para-hydroxylation sites is 1. The van der Waals surface area contributed by atoms with Crippen LogP contribution in [0, 0.1) is 11.6 Å². The Balaban J connectivity index is 1.75. The number of carbonyl (C=O) groups excluding carboxylic acids is 2. The molecular weight excluding hydrogens is 358 g/mol. The molecule has 0 radical (unpaired) electrons. The number of hydrogen-bond acceptors (Lipinski definition) is 5. The molecule has 3 rings (SSSR count). The monoisotopic (exact) mass is 372 g/mol. The smallest absolute Gasteiger partial charge is 0.363 e. The first-order valence-electron chi connectivity index (χ1n) is 7.84. The number of halogens is 2. The Labute approximate surface area is 152 Å². The van der Waals surface area contributed by atoms with E-state index >= 15 is 0 Å². The first-order valence-corrected chi connectivity index (χ1v) is 7.84. The molecule has 0 fully saturated rings. The summed E-state index contributed by atoms with van der Waals surface area (Å²) in [6.45, 7) is -0.763. The minimum Gasteiger partial charge on any atom is -0.493 e. The van der Waals surface area contributed by atoms with Crippen LogP contribution in [0.1, 0.15) is 20.8 Å². The number of ether oxygens (including phenoxy) is 2. The van der Waals surface area contributed by atoms with Crippen LogP contribution in [0.15, 0.2) is 54.7 Å². The lowest BCUT2D eigenvalue weighted by molar-refractivity contribution is 0.0464. The molecule has 8 heteroatoms. The van der Waals surface area contributed by atoms with Gasteiger partial charge in [0.25, 0.3) is 0 Å². The summed E-state index contributed by atoms with van der Waals surface area (Å²) in [6, 6.07) is 11.4. The SMILES string of the molecule is COc1cn(-c2ccccc2)nc1C(=O)OCC(=O)c1cc(F)ccc1F. The maximum absolute atomic E-state index is 13.6. The van der Waals surface area contributed by atoms with Crippen LogP contribution in [0.2, 0.25) is 0 Å². The Morgan fingerprint density at radius 2 is 1.85 bits per heavy atom. The van der Waals surface area contributed by atoms with Crippen molar-refractivity contribution in [3.05, 3.63) is 77.6 Å². The lowest BCUT2D eigenvalue weighted by Crippen LogP contribution is -2.16. The van der Waals surface area contributed by atoms with Gasteiger partial charge in [0.2, 0.25) is 11.5 Å². The number of rotatable bonds is 6. The fourth-order valence-corrected chi connectivity index (χ4v) is 2.35. The highest BCUT2D eigenvalue weighted by atomic mass is 19.1. The molecule has 0 aliphatic heterocycles. The van der Waals surface area contributed by atoms with Crippen molar-refractivity contribution >= 4 is 11.8 Å². The van der Waals surface area contributed by atoms with E-state index in [-0.39, 0.29) is 11.4 Å². The summed E-state index contributed by atoms with van der Waals surface area (Å²) in [5.74, 6) is -3.32. The van der Waals surface area contributed by atoms with Gasteiger partial charge in [-0.25, -0.2) is 18.3 Å². The Kier molecular flexibility index (Phi) is 5.25. The van der Waals surface area contributed by atoms with E-state index in [4.69, 9.17) is 9.47 Å². The molecule has 0 saturated carbocycles. The average molecular weight is 372 g/mol. The van der Waals surface area contributed by atoms with Gasteiger partial charge < -0.3 is 9.47 Å². The maximum atomic E-state index is 13.6. The molecule has 0 N–H and O–H groups in total. The van der Waals surface area contributed by atoms with E-state index in [2.05, 4.69) is 5.10 Å². The van der Waals surface area contributed by atoms with Crippen molar-refractivity contribution < 1.29 is 27.8 Å². The fourth-order valence-electron chi connectivity index (χ4n) is 2.35. The van der Waals surface area contributed by atoms with Crippen LogP contribution in [0.4, 0.5) is 8.78 Å². The molecule has 3 aromatic rings. The van der Waals surface area contributed by atoms with Gasteiger partial charge in [-0.1, -0.05) is 18.2 Å². The van der Waals surface area contributed by atoms with E-state index in [0.29, 0.717) is 5.69 Å². The Bertz CT molecular complexity index is 987. The van der Waals surface area contributed by atoms with E-state index in [0.717, 1.165) is 18.2 Å². The number of nitrogens with zero attached hydrogens (tertiary/aromatic N) is 2. The van der Waals surface area contributed by atoms with Crippen molar-refractivity contribution in [3.8, 4) is 11.4 Å². The second-order valence-corrected chi connectivity index (χ2v) is 5.45. The number of benzene rings is 2. The van der Waals surface area contributed by atoms with E-state index < -0.39 is 35.6 Å². The molecule has 6 nitrogen and oxygen atoms in total. The normalized spacial score (nSPS) is 10.5. The molecule has 1 heterocycles. The highest BCUT2D eigenvalue weighted by Crippen LogP contribution is 2.20. The molecule has 0 aliphatic carbocycles. The third kappa shape index (κ3) is 4.00. The highest BCUT2D eigenvalue weighted by Gasteiger charge is 2.22. The Morgan fingerprint density at radius 3 is 2.56 bits per heavy atom. The topological polar surface area (TPSA) is 70.4 Å². The van der Waals surface area contributed by atoms with Crippen molar-refractivity contribution in [1.82, 2.24) is 9.78 Å². The van der Waals surface area contributed by atoms with Crippen molar-refractivity contribution in [1.29, 1.82) is 0 Å². The zero-order chi connectivity index (χ0) is 19.4. The number of ketones is 1. The van der Waals surface area contributed by atoms with Gasteiger partial charge in [-0.05, 0) is 30.3 Å². The van der Waals surface area contributed by atoms with Crippen LogP contribution in [0.5, 0.6) is 5.75 Å². The van der Waals surface area contributed by atoms with Crippen molar-refractivity contribution in [2.24, 2.45) is 0 Å². The fraction of sp³-hybridized carbons (Fsp3) is 0.105. The molecule has 0 saturated heterocycles. The summed E-state index contributed by atoms with van der Waals surface area (Å²) in [5, 5.41) is 4.11. The molecule has 2 aromatic carbocycles. The minimum absolute atomic E-state index is 0.145. The van der Waals surface area contributed by atoms with Crippen LogP contribution >= 0.6 is 0 Å². The number of aromatic nitrogens is 2. The van der Waals surface area contributed by atoms with Gasteiger partial charge in [-0.2, -0.15) is 5.10 Å². The highest BCUT2D eigenvalue weighted by molar-refractivity contribution is 5.99. The lowest BCUT2D eigenvalue weighted by atomic mass is 10.1. The van der Waals surface area contributed by atoms with E-state index in [9.17, 15) is 18.4 Å². The van der Waals surface area contributed by atoms with Crippen LogP contribution in [-0.4, -0.2) is 35.2 Å². The van der Waals surface area contributed by atoms with Gasteiger partial charge in [-0.15, -0.1) is 0 Å². The first-order chi connectivity index (χ1) is 13.0. The van der Waals surface area contributed by atoms with Gasteiger partial charge in [0.05, 0.1) is 24.6 Å². The van der Waals surface area contributed by atoms with E-state index in [1.807, 2.05) is 6.07 Å². The average Bonchev–Trinajstić information content (AvgIpc) is 3.13. The van der Waals surface area contributed by atoms with E-state index in [1.54, 1.807) is 24.3 Å². The predicted octanol–water partition coefficient (Wildman–Crippen LogP) is 3.20.